The average molecular weight is 529 g/mol. The van der Waals surface area contributed by atoms with Gasteiger partial charge in [-0.3, -0.25) is 14.6 Å². The standard InChI is InChI=1S/C22H35N5O2.HI/c1-4-23-22(25-15-13-20(28)26-19-10-5-6-11-19)24-14-12-17-8-7-9-18(16-17)21(29)27(2)3;/h7-9,16,19H,4-6,10-15H2,1-3H3,(H,26,28)(H2,23,24,25);1H. The molecular formula is C22H36IN5O2. The molecule has 0 spiro atoms. The number of benzene rings is 1. The van der Waals surface area contributed by atoms with Gasteiger partial charge in [-0.1, -0.05) is 25.0 Å². The van der Waals surface area contributed by atoms with E-state index in [4.69, 9.17) is 0 Å². The molecule has 0 aromatic heterocycles. The van der Waals surface area contributed by atoms with Crippen molar-refractivity contribution in [3.63, 3.8) is 0 Å². The zero-order valence-corrected chi connectivity index (χ0v) is 20.7. The third-order valence-electron chi connectivity index (χ3n) is 4.96. The van der Waals surface area contributed by atoms with Crippen molar-refractivity contribution >= 4 is 41.8 Å². The molecule has 2 rings (SSSR count). The van der Waals surface area contributed by atoms with E-state index in [1.165, 1.54) is 12.8 Å². The maximum Gasteiger partial charge on any atom is 0.253 e. The number of halogens is 1. The lowest BCUT2D eigenvalue weighted by Gasteiger charge is -2.13. The number of aliphatic imine (C=N–C) groups is 1. The maximum absolute atomic E-state index is 12.1. The molecule has 1 aliphatic carbocycles. The third kappa shape index (κ3) is 9.32. The maximum atomic E-state index is 12.1. The van der Waals surface area contributed by atoms with E-state index in [0.717, 1.165) is 31.4 Å². The minimum absolute atomic E-state index is 0. The zero-order valence-electron chi connectivity index (χ0n) is 18.4. The van der Waals surface area contributed by atoms with Crippen LogP contribution in [-0.4, -0.2) is 62.4 Å². The van der Waals surface area contributed by atoms with Crippen molar-refractivity contribution in [3.05, 3.63) is 35.4 Å². The molecule has 0 aliphatic heterocycles. The predicted molar refractivity (Wildman–Crippen MR) is 133 cm³/mol. The number of nitrogens with zero attached hydrogens (tertiary/aromatic N) is 2. The van der Waals surface area contributed by atoms with Gasteiger partial charge in [0.15, 0.2) is 5.96 Å². The van der Waals surface area contributed by atoms with Gasteiger partial charge in [-0.05, 0) is 43.9 Å². The van der Waals surface area contributed by atoms with Crippen LogP contribution in [0.5, 0.6) is 0 Å². The summed E-state index contributed by atoms with van der Waals surface area (Å²) >= 11 is 0. The Balaban J connectivity index is 0.00000450. The molecule has 168 valence electrons. The van der Waals surface area contributed by atoms with Crippen LogP contribution >= 0.6 is 24.0 Å². The molecule has 8 heteroatoms. The predicted octanol–water partition coefficient (Wildman–Crippen LogP) is 2.55. The molecular weight excluding hydrogens is 493 g/mol. The van der Waals surface area contributed by atoms with Crippen LogP contribution in [-0.2, 0) is 11.2 Å². The van der Waals surface area contributed by atoms with Crippen LogP contribution in [0.25, 0.3) is 0 Å². The van der Waals surface area contributed by atoms with Gasteiger partial charge in [0, 0.05) is 45.2 Å². The molecule has 7 nitrogen and oxygen atoms in total. The van der Waals surface area contributed by atoms with Gasteiger partial charge in [0.05, 0.1) is 6.54 Å². The normalized spacial score (nSPS) is 14.0. The molecule has 0 saturated heterocycles. The summed E-state index contributed by atoms with van der Waals surface area (Å²) in [6.07, 6.45) is 5.80. The van der Waals surface area contributed by atoms with Gasteiger partial charge in [0.1, 0.15) is 0 Å². The number of hydrogen-bond donors (Lipinski definition) is 3. The van der Waals surface area contributed by atoms with Crippen molar-refractivity contribution in [2.75, 3.05) is 33.7 Å². The van der Waals surface area contributed by atoms with E-state index in [0.29, 0.717) is 37.1 Å². The Morgan fingerprint density at radius 2 is 1.90 bits per heavy atom. The molecule has 0 heterocycles. The lowest BCUT2D eigenvalue weighted by molar-refractivity contribution is -0.121. The number of carbonyl (C=O) groups excluding carboxylic acids is 2. The summed E-state index contributed by atoms with van der Waals surface area (Å²) in [4.78, 5) is 30.2. The van der Waals surface area contributed by atoms with Crippen LogP contribution in [0.3, 0.4) is 0 Å². The van der Waals surface area contributed by atoms with Crippen LogP contribution in [0.4, 0.5) is 0 Å². The summed E-state index contributed by atoms with van der Waals surface area (Å²) in [6, 6.07) is 8.05. The first-order chi connectivity index (χ1) is 14.0. The van der Waals surface area contributed by atoms with Crippen LogP contribution < -0.4 is 16.0 Å². The van der Waals surface area contributed by atoms with Gasteiger partial charge >= 0.3 is 0 Å². The fraction of sp³-hybridized carbons (Fsp3) is 0.591. The summed E-state index contributed by atoms with van der Waals surface area (Å²) in [6.45, 7) is 3.92. The highest BCUT2D eigenvalue weighted by atomic mass is 127. The number of carbonyl (C=O) groups is 2. The van der Waals surface area contributed by atoms with Gasteiger partial charge in [0.25, 0.3) is 5.91 Å². The van der Waals surface area contributed by atoms with E-state index >= 15 is 0 Å². The number of rotatable bonds is 9. The summed E-state index contributed by atoms with van der Waals surface area (Å²) in [5.74, 6) is 0.797. The first kappa shape index (κ1) is 26.2. The van der Waals surface area contributed by atoms with E-state index in [9.17, 15) is 9.59 Å². The van der Waals surface area contributed by atoms with Gasteiger partial charge in [-0.15, -0.1) is 24.0 Å². The Morgan fingerprint density at radius 1 is 1.17 bits per heavy atom. The topological polar surface area (TPSA) is 85.8 Å². The lowest BCUT2D eigenvalue weighted by atomic mass is 10.1. The molecule has 1 fully saturated rings. The summed E-state index contributed by atoms with van der Waals surface area (Å²) in [7, 11) is 3.51. The first-order valence-electron chi connectivity index (χ1n) is 10.6. The fourth-order valence-electron chi connectivity index (χ4n) is 3.42. The SMILES string of the molecule is CCNC(=NCCC(=O)NC1CCCC1)NCCc1cccc(C(=O)N(C)C)c1.I. The van der Waals surface area contributed by atoms with Crippen LogP contribution in [0, 0.1) is 0 Å². The molecule has 2 amide bonds. The number of guanidine groups is 1. The Bertz CT molecular complexity index is 703. The molecule has 3 N–H and O–H groups in total. The third-order valence-corrected chi connectivity index (χ3v) is 4.96. The Hall–Kier alpha value is -1.84. The second-order valence-electron chi connectivity index (χ2n) is 7.64. The van der Waals surface area contributed by atoms with E-state index < -0.39 is 0 Å². The Labute approximate surface area is 197 Å². The van der Waals surface area contributed by atoms with Gasteiger partial charge in [-0.2, -0.15) is 0 Å². The van der Waals surface area contributed by atoms with Crippen LogP contribution in [0.1, 0.15) is 54.9 Å². The smallest absolute Gasteiger partial charge is 0.253 e. The highest BCUT2D eigenvalue weighted by Gasteiger charge is 2.16. The minimum Gasteiger partial charge on any atom is -0.357 e. The second-order valence-corrected chi connectivity index (χ2v) is 7.64. The summed E-state index contributed by atoms with van der Waals surface area (Å²) in [5, 5.41) is 9.60. The molecule has 0 atom stereocenters. The van der Waals surface area contributed by atoms with Gasteiger partial charge in [0.2, 0.25) is 5.91 Å². The quantitative estimate of drug-likeness (QED) is 0.261. The van der Waals surface area contributed by atoms with Crippen molar-refractivity contribution < 1.29 is 9.59 Å². The van der Waals surface area contributed by atoms with Crippen molar-refractivity contribution in [2.45, 2.75) is 51.5 Å². The number of nitrogens with one attached hydrogen (secondary N) is 3. The van der Waals surface area contributed by atoms with Crippen molar-refractivity contribution in [3.8, 4) is 0 Å². The van der Waals surface area contributed by atoms with Crippen molar-refractivity contribution in [1.82, 2.24) is 20.9 Å². The molecule has 0 radical (unpaired) electrons. The minimum atomic E-state index is 0. The first-order valence-corrected chi connectivity index (χ1v) is 10.6. The lowest BCUT2D eigenvalue weighted by Crippen LogP contribution is -2.39. The summed E-state index contributed by atoms with van der Waals surface area (Å²) < 4.78 is 0. The van der Waals surface area contributed by atoms with Gasteiger partial charge in [-0.25, -0.2) is 0 Å². The zero-order chi connectivity index (χ0) is 21.1. The van der Waals surface area contributed by atoms with E-state index in [2.05, 4.69) is 20.9 Å². The molecule has 30 heavy (non-hydrogen) atoms. The van der Waals surface area contributed by atoms with E-state index in [1.54, 1.807) is 19.0 Å². The van der Waals surface area contributed by atoms with Gasteiger partial charge < -0.3 is 20.9 Å². The average Bonchev–Trinajstić information content (AvgIpc) is 3.20. The van der Waals surface area contributed by atoms with Crippen molar-refractivity contribution in [1.29, 1.82) is 0 Å². The molecule has 0 bridgehead atoms. The largest absolute Gasteiger partial charge is 0.357 e. The van der Waals surface area contributed by atoms with Crippen LogP contribution in [0.15, 0.2) is 29.3 Å². The molecule has 1 saturated carbocycles. The van der Waals surface area contributed by atoms with Crippen molar-refractivity contribution in [2.24, 2.45) is 4.99 Å². The highest BCUT2D eigenvalue weighted by Crippen LogP contribution is 2.17. The number of hydrogen-bond acceptors (Lipinski definition) is 3. The fourth-order valence-corrected chi connectivity index (χ4v) is 3.42. The Kier molecular flexibility index (Phi) is 12.4. The van der Waals surface area contributed by atoms with E-state index in [-0.39, 0.29) is 35.8 Å². The second kappa shape index (κ2) is 14.2. The van der Waals surface area contributed by atoms with Crippen LogP contribution in [0.2, 0.25) is 0 Å². The molecule has 0 unspecified atom stereocenters. The number of amides is 2. The molecule has 1 aromatic carbocycles. The monoisotopic (exact) mass is 529 g/mol. The van der Waals surface area contributed by atoms with E-state index in [1.807, 2.05) is 31.2 Å². The molecule has 1 aliphatic rings. The Morgan fingerprint density at radius 3 is 2.57 bits per heavy atom. The molecule has 1 aromatic rings. The highest BCUT2D eigenvalue weighted by molar-refractivity contribution is 14.0. The summed E-state index contributed by atoms with van der Waals surface area (Å²) in [5.41, 5.74) is 1.79.